The Hall–Kier alpha value is -1.40. The number of carbonyl (C=O) groups is 1. The molecule has 6 nitrogen and oxygen atoms in total. The van der Waals surface area contributed by atoms with Gasteiger partial charge >= 0.3 is 0 Å². The van der Waals surface area contributed by atoms with Gasteiger partial charge in [-0.2, -0.15) is 5.10 Å². The van der Waals surface area contributed by atoms with Gasteiger partial charge in [0.15, 0.2) is 0 Å². The summed E-state index contributed by atoms with van der Waals surface area (Å²) in [5.74, 6) is 0.716. The number of aromatic nitrogens is 2. The Kier molecular flexibility index (Phi) is 4.73. The molecule has 23 heavy (non-hydrogen) atoms. The van der Waals surface area contributed by atoms with Crippen molar-refractivity contribution in [3.8, 4) is 0 Å². The van der Waals surface area contributed by atoms with E-state index in [4.69, 9.17) is 4.74 Å². The first kappa shape index (κ1) is 16.5. The lowest BCUT2D eigenvalue weighted by Gasteiger charge is -2.54. The zero-order chi connectivity index (χ0) is 16.6. The maximum Gasteiger partial charge on any atom is 0.272 e. The summed E-state index contributed by atoms with van der Waals surface area (Å²) in [7, 11) is 3.63. The summed E-state index contributed by atoms with van der Waals surface area (Å²) >= 11 is 0. The molecule has 3 rings (SSSR count). The molecule has 0 aliphatic carbocycles. The van der Waals surface area contributed by atoms with Crippen molar-refractivity contribution in [2.45, 2.75) is 44.9 Å². The second-order valence-corrected chi connectivity index (χ2v) is 7.02. The molecule has 6 heteroatoms. The molecule has 128 valence electrons. The van der Waals surface area contributed by atoms with Crippen molar-refractivity contribution in [2.24, 2.45) is 13.0 Å². The van der Waals surface area contributed by atoms with Crippen LogP contribution in [0.1, 0.15) is 37.2 Å². The van der Waals surface area contributed by atoms with E-state index < -0.39 is 0 Å². The molecule has 2 aliphatic rings. The quantitative estimate of drug-likeness (QED) is 0.841. The van der Waals surface area contributed by atoms with Crippen LogP contribution in [-0.4, -0.2) is 70.4 Å². The number of methoxy groups -OCH3 is 1. The summed E-state index contributed by atoms with van der Waals surface area (Å²) in [6.45, 7) is 7.19. The molecular formula is C17H28N4O2. The highest BCUT2D eigenvalue weighted by Gasteiger charge is 2.45. The predicted octanol–water partition coefficient (Wildman–Crippen LogP) is 1.38. The molecular weight excluding hydrogens is 292 g/mol. The van der Waals surface area contributed by atoms with Gasteiger partial charge in [-0.1, -0.05) is 0 Å². The molecule has 0 bridgehead atoms. The van der Waals surface area contributed by atoms with Gasteiger partial charge in [-0.25, -0.2) is 0 Å². The van der Waals surface area contributed by atoms with Crippen LogP contribution < -0.4 is 0 Å². The van der Waals surface area contributed by atoms with E-state index in [1.54, 1.807) is 16.9 Å². The lowest BCUT2D eigenvalue weighted by atomic mass is 9.79. The maximum atomic E-state index is 12.6. The highest BCUT2D eigenvalue weighted by Crippen LogP contribution is 2.35. The van der Waals surface area contributed by atoms with Crippen molar-refractivity contribution < 1.29 is 9.53 Å². The van der Waals surface area contributed by atoms with Crippen molar-refractivity contribution in [1.29, 1.82) is 0 Å². The normalized spacial score (nSPS) is 26.6. The van der Waals surface area contributed by atoms with E-state index in [2.05, 4.69) is 23.8 Å². The second-order valence-electron chi connectivity index (χ2n) is 7.02. The van der Waals surface area contributed by atoms with Gasteiger partial charge in [0.25, 0.3) is 5.91 Å². The fraction of sp³-hybridized carbons (Fsp3) is 0.765. The van der Waals surface area contributed by atoms with E-state index in [1.807, 2.05) is 19.1 Å². The topological polar surface area (TPSA) is 50.6 Å². The van der Waals surface area contributed by atoms with E-state index >= 15 is 0 Å². The second kappa shape index (κ2) is 6.61. The number of carbonyl (C=O) groups excluding carboxylic acids is 1. The Morgan fingerprint density at radius 2 is 2.04 bits per heavy atom. The number of rotatable bonds is 4. The van der Waals surface area contributed by atoms with Crippen LogP contribution in [0.3, 0.4) is 0 Å². The maximum absolute atomic E-state index is 12.6. The monoisotopic (exact) mass is 320 g/mol. The molecule has 1 aromatic rings. The molecule has 0 saturated carbocycles. The largest absolute Gasteiger partial charge is 0.378 e. The Morgan fingerprint density at radius 1 is 1.35 bits per heavy atom. The smallest absolute Gasteiger partial charge is 0.272 e. The van der Waals surface area contributed by atoms with Crippen LogP contribution >= 0.6 is 0 Å². The minimum absolute atomic E-state index is 0.0982. The zero-order valence-electron chi connectivity index (χ0n) is 14.6. The highest BCUT2D eigenvalue weighted by atomic mass is 16.5. The van der Waals surface area contributed by atoms with Gasteiger partial charge in [-0.3, -0.25) is 14.4 Å². The molecule has 1 aromatic heterocycles. The average molecular weight is 320 g/mol. The van der Waals surface area contributed by atoms with Gasteiger partial charge in [-0.05, 0) is 38.7 Å². The molecule has 1 amide bonds. The van der Waals surface area contributed by atoms with Gasteiger partial charge in [0.1, 0.15) is 5.69 Å². The molecule has 3 heterocycles. The number of ether oxygens (including phenoxy) is 1. The van der Waals surface area contributed by atoms with Crippen molar-refractivity contribution in [1.82, 2.24) is 19.6 Å². The molecule has 0 radical (unpaired) electrons. The van der Waals surface area contributed by atoms with Crippen LogP contribution in [-0.2, 0) is 11.8 Å². The number of piperidine rings is 1. The average Bonchev–Trinajstić information content (AvgIpc) is 2.92. The number of likely N-dealkylation sites (tertiary alicyclic amines) is 2. The summed E-state index contributed by atoms with van der Waals surface area (Å²) in [5.41, 5.74) is 0.672. The fourth-order valence-electron chi connectivity index (χ4n) is 4.05. The first-order valence-electron chi connectivity index (χ1n) is 8.58. The van der Waals surface area contributed by atoms with E-state index in [9.17, 15) is 4.79 Å². The minimum atomic E-state index is 0.0982. The van der Waals surface area contributed by atoms with Crippen LogP contribution in [0.5, 0.6) is 0 Å². The summed E-state index contributed by atoms with van der Waals surface area (Å²) in [5, 5.41) is 4.09. The minimum Gasteiger partial charge on any atom is -0.378 e. The Balaban J connectivity index is 1.60. The van der Waals surface area contributed by atoms with E-state index in [1.165, 1.54) is 0 Å². The molecule has 0 N–H and O–H groups in total. The van der Waals surface area contributed by atoms with Crippen LogP contribution in [0.25, 0.3) is 0 Å². The van der Waals surface area contributed by atoms with Crippen molar-refractivity contribution in [2.75, 3.05) is 26.7 Å². The highest BCUT2D eigenvalue weighted by molar-refractivity contribution is 5.92. The van der Waals surface area contributed by atoms with E-state index in [0.29, 0.717) is 29.8 Å². The lowest BCUT2D eigenvalue weighted by Crippen LogP contribution is -2.66. The molecule has 2 fully saturated rings. The van der Waals surface area contributed by atoms with Gasteiger partial charge in [-0.15, -0.1) is 0 Å². The predicted molar refractivity (Wildman–Crippen MR) is 88.3 cm³/mol. The van der Waals surface area contributed by atoms with Crippen LogP contribution in [0.2, 0.25) is 0 Å². The number of nitrogens with zero attached hydrogens (tertiary/aromatic N) is 4. The Labute approximate surface area is 138 Å². The summed E-state index contributed by atoms with van der Waals surface area (Å²) in [4.78, 5) is 17.1. The molecule has 0 unspecified atom stereocenters. The SMILES string of the molecule is CO[C@H]1CN(C(C)C)[C@H]1C1CCN(C(=O)c2ccnn2C)CC1. The Morgan fingerprint density at radius 3 is 2.57 bits per heavy atom. The molecule has 0 spiro atoms. The third-order valence-electron chi connectivity index (χ3n) is 5.47. The van der Waals surface area contributed by atoms with Gasteiger partial charge in [0, 0.05) is 52.1 Å². The third kappa shape index (κ3) is 3.02. The fourth-order valence-corrected chi connectivity index (χ4v) is 4.05. The number of hydrogen-bond acceptors (Lipinski definition) is 4. The van der Waals surface area contributed by atoms with Crippen molar-refractivity contribution in [3.05, 3.63) is 18.0 Å². The number of amides is 1. The molecule has 2 aliphatic heterocycles. The van der Waals surface area contributed by atoms with Crippen LogP contribution in [0.4, 0.5) is 0 Å². The van der Waals surface area contributed by atoms with Crippen LogP contribution in [0, 0.1) is 5.92 Å². The van der Waals surface area contributed by atoms with E-state index in [-0.39, 0.29) is 5.91 Å². The van der Waals surface area contributed by atoms with Gasteiger partial charge in [0.05, 0.1) is 6.10 Å². The van der Waals surface area contributed by atoms with Gasteiger partial charge in [0.2, 0.25) is 0 Å². The first-order valence-corrected chi connectivity index (χ1v) is 8.58. The van der Waals surface area contributed by atoms with Gasteiger partial charge < -0.3 is 9.64 Å². The summed E-state index contributed by atoms with van der Waals surface area (Å²) < 4.78 is 7.30. The first-order chi connectivity index (χ1) is 11.0. The molecule has 0 aromatic carbocycles. The lowest BCUT2D eigenvalue weighted by molar-refractivity contribution is -0.128. The summed E-state index contributed by atoms with van der Waals surface area (Å²) in [6, 6.07) is 2.86. The number of aryl methyl sites for hydroxylation is 1. The summed E-state index contributed by atoms with van der Waals surface area (Å²) in [6.07, 6.45) is 4.13. The molecule has 2 saturated heterocycles. The van der Waals surface area contributed by atoms with Crippen molar-refractivity contribution in [3.63, 3.8) is 0 Å². The van der Waals surface area contributed by atoms with Crippen LogP contribution in [0.15, 0.2) is 12.3 Å². The number of hydrogen-bond donors (Lipinski definition) is 0. The molecule has 2 atom stereocenters. The Bertz CT molecular complexity index is 549. The standard InChI is InChI=1S/C17H28N4O2/c1-12(2)21-11-15(23-4)16(21)13-6-9-20(10-7-13)17(22)14-5-8-18-19(14)3/h5,8,12-13,15-16H,6-7,9-11H2,1-4H3/t15-,16-/m0/s1. The zero-order valence-corrected chi connectivity index (χ0v) is 14.6. The third-order valence-corrected chi connectivity index (χ3v) is 5.47. The van der Waals surface area contributed by atoms with E-state index in [0.717, 1.165) is 32.5 Å². The van der Waals surface area contributed by atoms with Crippen molar-refractivity contribution >= 4 is 5.91 Å².